The molecule has 5 heteroatoms. The predicted molar refractivity (Wildman–Crippen MR) is 111 cm³/mol. The third-order valence-corrected chi connectivity index (χ3v) is 6.40. The summed E-state index contributed by atoms with van der Waals surface area (Å²) >= 11 is 0. The average Bonchev–Trinajstić information content (AvgIpc) is 3.23. The van der Waals surface area contributed by atoms with Crippen LogP contribution in [0.25, 0.3) is 0 Å². The van der Waals surface area contributed by atoms with E-state index < -0.39 is 0 Å². The molecule has 28 heavy (non-hydrogen) atoms. The normalized spacial score (nSPS) is 24.9. The van der Waals surface area contributed by atoms with Gasteiger partial charge < -0.3 is 10.2 Å². The fourth-order valence-electron chi connectivity index (χ4n) is 4.63. The summed E-state index contributed by atoms with van der Waals surface area (Å²) < 4.78 is 0. The van der Waals surface area contributed by atoms with Gasteiger partial charge in [-0.15, -0.1) is 0 Å². The van der Waals surface area contributed by atoms with Gasteiger partial charge in [-0.25, -0.2) is 0 Å². The van der Waals surface area contributed by atoms with Gasteiger partial charge in [0.05, 0.1) is 0 Å². The Morgan fingerprint density at radius 2 is 1.89 bits per heavy atom. The second-order valence-corrected chi connectivity index (χ2v) is 8.65. The van der Waals surface area contributed by atoms with Gasteiger partial charge in [0.1, 0.15) is 0 Å². The summed E-state index contributed by atoms with van der Waals surface area (Å²) in [6.45, 7) is 9.12. The molecular weight excluding hydrogens is 350 g/mol. The molecule has 1 saturated heterocycles. The molecule has 1 aliphatic carbocycles. The fraction of sp³-hybridized carbons (Fsp3) is 0.609. The van der Waals surface area contributed by atoms with E-state index in [4.69, 9.17) is 0 Å². The van der Waals surface area contributed by atoms with Crippen molar-refractivity contribution in [1.82, 2.24) is 15.2 Å². The van der Waals surface area contributed by atoms with Gasteiger partial charge in [-0.05, 0) is 62.0 Å². The van der Waals surface area contributed by atoms with Crippen LogP contribution >= 0.6 is 0 Å². The molecular formula is C23H33N3O2. The molecule has 0 radical (unpaired) electrons. The highest BCUT2D eigenvalue weighted by Gasteiger charge is 2.33. The molecule has 0 bridgehead atoms. The lowest BCUT2D eigenvalue weighted by Gasteiger charge is -2.37. The molecule has 2 amide bonds. The first-order valence-corrected chi connectivity index (χ1v) is 10.6. The summed E-state index contributed by atoms with van der Waals surface area (Å²) in [5, 5.41) is 3.09. The van der Waals surface area contributed by atoms with E-state index in [1.807, 2.05) is 4.90 Å². The molecule has 1 N–H and O–H groups in total. The first kappa shape index (κ1) is 20.6. The number of nitrogens with one attached hydrogen (secondary N) is 1. The van der Waals surface area contributed by atoms with E-state index in [2.05, 4.69) is 37.1 Å². The Morgan fingerprint density at radius 1 is 1.21 bits per heavy atom. The van der Waals surface area contributed by atoms with Gasteiger partial charge in [0.25, 0.3) is 5.91 Å². The lowest BCUT2D eigenvalue weighted by atomic mass is 9.69. The number of aromatic nitrogens is 1. The van der Waals surface area contributed by atoms with Crippen molar-refractivity contribution in [2.45, 2.75) is 46.5 Å². The average molecular weight is 384 g/mol. The van der Waals surface area contributed by atoms with Crippen LogP contribution in [0.1, 0.15) is 56.8 Å². The molecule has 2 heterocycles. The molecule has 1 fully saturated rings. The van der Waals surface area contributed by atoms with Crippen molar-refractivity contribution in [3.05, 3.63) is 41.7 Å². The van der Waals surface area contributed by atoms with Crippen LogP contribution in [-0.2, 0) is 4.79 Å². The standard InChI is InChI=1S/C23H33N3O2/c1-16(2)21-13-19(14-22(27)26-10-4-5-11-26)17(3)12-20(21)15-25-23(28)18-6-8-24-9-7-18/h6-9,12,16,19-21H,4-5,10-11,13-15H2,1-3H3,(H,25,28)/t19-,20-,21-/m0/s1. The summed E-state index contributed by atoms with van der Waals surface area (Å²) in [6, 6.07) is 3.47. The van der Waals surface area contributed by atoms with Crippen molar-refractivity contribution in [3.63, 3.8) is 0 Å². The molecule has 2 aliphatic rings. The highest BCUT2D eigenvalue weighted by molar-refractivity contribution is 5.93. The maximum absolute atomic E-state index is 12.6. The largest absolute Gasteiger partial charge is 0.351 e. The maximum Gasteiger partial charge on any atom is 0.251 e. The minimum Gasteiger partial charge on any atom is -0.351 e. The zero-order valence-corrected chi connectivity index (χ0v) is 17.4. The van der Waals surface area contributed by atoms with E-state index in [0.29, 0.717) is 48.1 Å². The Balaban J connectivity index is 1.63. The van der Waals surface area contributed by atoms with Gasteiger partial charge in [-0.3, -0.25) is 14.6 Å². The fourth-order valence-corrected chi connectivity index (χ4v) is 4.63. The van der Waals surface area contributed by atoms with Gasteiger partial charge in [0.2, 0.25) is 5.91 Å². The lowest BCUT2D eigenvalue weighted by Crippen LogP contribution is -2.38. The summed E-state index contributed by atoms with van der Waals surface area (Å²) in [5.41, 5.74) is 1.94. The van der Waals surface area contributed by atoms with E-state index in [9.17, 15) is 9.59 Å². The Labute approximate surface area is 168 Å². The molecule has 1 aromatic heterocycles. The molecule has 1 aromatic rings. The summed E-state index contributed by atoms with van der Waals surface area (Å²) in [6.07, 6.45) is 9.51. The van der Waals surface area contributed by atoms with Gasteiger partial charge in [0, 0.05) is 44.0 Å². The van der Waals surface area contributed by atoms with Crippen molar-refractivity contribution in [3.8, 4) is 0 Å². The van der Waals surface area contributed by atoms with Crippen LogP contribution < -0.4 is 5.32 Å². The Bertz CT molecular complexity index is 708. The van der Waals surface area contributed by atoms with E-state index in [1.54, 1.807) is 24.5 Å². The smallest absolute Gasteiger partial charge is 0.251 e. The van der Waals surface area contributed by atoms with Crippen LogP contribution in [0.5, 0.6) is 0 Å². The second kappa shape index (κ2) is 9.35. The minimum atomic E-state index is -0.0534. The zero-order chi connectivity index (χ0) is 20.1. The SMILES string of the molecule is CC1=C[C@@H](CNC(=O)c2ccncc2)[C@H](C(C)C)C[C@H]1CC(=O)N1CCCC1. The third kappa shape index (κ3) is 5.00. The van der Waals surface area contributed by atoms with Crippen molar-refractivity contribution < 1.29 is 9.59 Å². The summed E-state index contributed by atoms with van der Waals surface area (Å²) in [7, 11) is 0. The van der Waals surface area contributed by atoms with E-state index in [0.717, 1.165) is 32.4 Å². The molecule has 0 unspecified atom stereocenters. The van der Waals surface area contributed by atoms with E-state index >= 15 is 0 Å². The number of hydrogen-bond donors (Lipinski definition) is 1. The van der Waals surface area contributed by atoms with Crippen molar-refractivity contribution in [1.29, 1.82) is 0 Å². The molecule has 5 nitrogen and oxygen atoms in total. The summed E-state index contributed by atoms with van der Waals surface area (Å²) in [4.78, 5) is 31.0. The molecule has 0 saturated carbocycles. The van der Waals surface area contributed by atoms with Crippen LogP contribution in [0.3, 0.4) is 0 Å². The van der Waals surface area contributed by atoms with Crippen LogP contribution in [-0.4, -0.2) is 41.3 Å². The predicted octanol–water partition coefficient (Wildman–Crippen LogP) is 3.68. The number of amides is 2. The van der Waals surface area contributed by atoms with Crippen molar-refractivity contribution in [2.24, 2.45) is 23.7 Å². The van der Waals surface area contributed by atoms with Crippen LogP contribution in [0.4, 0.5) is 0 Å². The first-order chi connectivity index (χ1) is 13.5. The zero-order valence-electron chi connectivity index (χ0n) is 17.4. The topological polar surface area (TPSA) is 62.3 Å². The Morgan fingerprint density at radius 3 is 2.54 bits per heavy atom. The minimum absolute atomic E-state index is 0.0534. The highest BCUT2D eigenvalue weighted by atomic mass is 16.2. The van der Waals surface area contributed by atoms with Gasteiger partial charge >= 0.3 is 0 Å². The number of allylic oxidation sites excluding steroid dienone is 1. The van der Waals surface area contributed by atoms with Crippen LogP contribution in [0, 0.1) is 23.7 Å². The summed E-state index contributed by atoms with van der Waals surface area (Å²) in [5.74, 6) is 1.87. The molecule has 0 aromatic carbocycles. The monoisotopic (exact) mass is 383 g/mol. The number of carbonyl (C=O) groups excluding carboxylic acids is 2. The van der Waals surface area contributed by atoms with E-state index in [-0.39, 0.29) is 5.91 Å². The number of hydrogen-bond acceptors (Lipinski definition) is 3. The van der Waals surface area contributed by atoms with Crippen LogP contribution in [0.15, 0.2) is 36.2 Å². The second-order valence-electron chi connectivity index (χ2n) is 8.65. The highest BCUT2D eigenvalue weighted by Crippen LogP contribution is 2.39. The van der Waals surface area contributed by atoms with Crippen molar-refractivity contribution >= 4 is 11.8 Å². The number of rotatable bonds is 6. The van der Waals surface area contributed by atoms with Gasteiger partial charge in [-0.2, -0.15) is 0 Å². The number of pyridine rings is 1. The Hall–Kier alpha value is -2.17. The molecule has 1 aliphatic heterocycles. The number of carbonyl (C=O) groups is 2. The van der Waals surface area contributed by atoms with E-state index in [1.165, 1.54) is 5.57 Å². The Kier molecular flexibility index (Phi) is 6.87. The third-order valence-electron chi connectivity index (χ3n) is 6.40. The van der Waals surface area contributed by atoms with Crippen LogP contribution in [0.2, 0.25) is 0 Å². The molecule has 152 valence electrons. The number of nitrogens with zero attached hydrogens (tertiary/aromatic N) is 2. The number of likely N-dealkylation sites (tertiary alicyclic amines) is 1. The molecule has 3 rings (SSSR count). The molecule has 3 atom stereocenters. The molecule has 0 spiro atoms. The first-order valence-electron chi connectivity index (χ1n) is 10.6. The van der Waals surface area contributed by atoms with Gasteiger partial charge in [-0.1, -0.05) is 25.5 Å². The quantitative estimate of drug-likeness (QED) is 0.762. The lowest BCUT2D eigenvalue weighted by molar-refractivity contribution is -0.131. The maximum atomic E-state index is 12.6. The van der Waals surface area contributed by atoms with Crippen molar-refractivity contribution in [2.75, 3.05) is 19.6 Å². The van der Waals surface area contributed by atoms with Gasteiger partial charge in [0.15, 0.2) is 0 Å².